The molecule has 1 aromatic carbocycles. The van der Waals surface area contributed by atoms with Crippen molar-refractivity contribution in [3.8, 4) is 0 Å². The number of amides is 2. The molecule has 5 heteroatoms. The maximum Gasteiger partial charge on any atom is 0.332 e. The fraction of sp³-hybridized carbons (Fsp3) is 0.250. The van der Waals surface area contributed by atoms with Gasteiger partial charge in [0.1, 0.15) is 0 Å². The van der Waals surface area contributed by atoms with Crippen LogP contribution in [0.4, 0.5) is 4.79 Å². The molecule has 0 radical (unpaired) electrons. The van der Waals surface area contributed by atoms with Gasteiger partial charge in [0.05, 0.1) is 29.5 Å². The minimum absolute atomic E-state index is 0.158. The summed E-state index contributed by atoms with van der Waals surface area (Å²) in [5.41, 5.74) is 2.07. The molecule has 1 heterocycles. The lowest BCUT2D eigenvalue weighted by atomic mass is 10.2. The molecule has 1 aliphatic heterocycles. The molecule has 0 saturated heterocycles. The number of carbonyl (C=O) groups excluding carboxylic acids is 1. The first kappa shape index (κ1) is 12.4. The zero-order valence-corrected chi connectivity index (χ0v) is 11.5. The van der Waals surface area contributed by atoms with Crippen LogP contribution in [0.5, 0.6) is 0 Å². The van der Waals surface area contributed by atoms with Crippen molar-refractivity contribution in [1.82, 2.24) is 8.43 Å². The van der Waals surface area contributed by atoms with Crippen molar-refractivity contribution in [3.05, 3.63) is 47.7 Å². The van der Waals surface area contributed by atoms with E-state index in [9.17, 15) is 4.79 Å². The summed E-state index contributed by atoms with van der Waals surface area (Å²) >= 11 is 1.94. The molecule has 1 atom stereocenters. The van der Waals surface area contributed by atoms with Gasteiger partial charge in [0.2, 0.25) is 0 Å². The molecule has 0 bridgehead atoms. The van der Waals surface area contributed by atoms with Gasteiger partial charge in [-0.15, -0.1) is 0 Å². The predicted molar refractivity (Wildman–Crippen MR) is 73.2 cm³/mol. The number of carbonyl (C=O) groups is 1. The summed E-state index contributed by atoms with van der Waals surface area (Å²) in [4.78, 5) is 11.4. The quantitative estimate of drug-likeness (QED) is 0.677. The molecule has 90 valence electrons. The number of nitrogens with zero attached hydrogens (tertiary/aromatic N) is 1. The van der Waals surface area contributed by atoms with Crippen molar-refractivity contribution in [2.45, 2.75) is 19.8 Å². The molecule has 2 amide bonds. The number of urea groups is 1. The van der Waals surface area contributed by atoms with E-state index in [0.717, 1.165) is 11.1 Å². The second kappa shape index (κ2) is 5.50. The number of nitrogens with one attached hydrogen (secondary N) is 1. The van der Waals surface area contributed by atoms with E-state index in [-0.39, 0.29) is 12.3 Å². The highest BCUT2D eigenvalue weighted by Gasteiger charge is 2.23. The molecular formula is C12H13IN2O2. The van der Waals surface area contributed by atoms with Gasteiger partial charge in [0, 0.05) is 6.20 Å². The van der Waals surface area contributed by atoms with Crippen molar-refractivity contribution in [2.75, 3.05) is 0 Å². The Morgan fingerprint density at radius 2 is 2.12 bits per heavy atom. The van der Waals surface area contributed by atoms with Gasteiger partial charge >= 0.3 is 6.03 Å². The second-order valence-corrected chi connectivity index (χ2v) is 4.85. The summed E-state index contributed by atoms with van der Waals surface area (Å²) in [5, 5.41) is 2.78. The number of benzene rings is 1. The van der Waals surface area contributed by atoms with Gasteiger partial charge in [-0.3, -0.25) is 0 Å². The minimum Gasteiger partial charge on any atom is -0.350 e. The van der Waals surface area contributed by atoms with Crippen molar-refractivity contribution in [3.63, 3.8) is 0 Å². The molecule has 17 heavy (non-hydrogen) atoms. The van der Waals surface area contributed by atoms with E-state index in [2.05, 4.69) is 5.32 Å². The van der Waals surface area contributed by atoms with Crippen LogP contribution in [0.15, 0.2) is 42.1 Å². The number of halogens is 1. The van der Waals surface area contributed by atoms with Crippen LogP contribution in [0.25, 0.3) is 0 Å². The molecule has 0 aromatic heterocycles. The summed E-state index contributed by atoms with van der Waals surface area (Å²) in [6.45, 7) is 2.42. The maximum atomic E-state index is 11.4. The Balaban J connectivity index is 1.96. The maximum absolute atomic E-state index is 11.4. The van der Waals surface area contributed by atoms with E-state index in [0.29, 0.717) is 6.61 Å². The van der Waals surface area contributed by atoms with E-state index >= 15 is 0 Å². The molecule has 1 unspecified atom stereocenters. The minimum atomic E-state index is -0.339. The third kappa shape index (κ3) is 3.19. The molecule has 4 nitrogen and oxygen atoms in total. The Hall–Kier alpha value is -1.08. The largest absolute Gasteiger partial charge is 0.350 e. The van der Waals surface area contributed by atoms with Crippen molar-refractivity contribution >= 4 is 28.9 Å². The van der Waals surface area contributed by atoms with Crippen LogP contribution in [0.2, 0.25) is 0 Å². The zero-order valence-electron chi connectivity index (χ0n) is 9.39. The monoisotopic (exact) mass is 344 g/mol. The van der Waals surface area contributed by atoms with Crippen LogP contribution >= 0.6 is 22.9 Å². The van der Waals surface area contributed by atoms with Gasteiger partial charge in [-0.25, -0.2) is 7.91 Å². The lowest BCUT2D eigenvalue weighted by Gasteiger charge is -2.27. The number of ether oxygens (including phenoxy) is 1. The van der Waals surface area contributed by atoms with Gasteiger partial charge in [0.15, 0.2) is 6.23 Å². The molecule has 0 aliphatic carbocycles. The van der Waals surface area contributed by atoms with Gasteiger partial charge in [0.25, 0.3) is 0 Å². The molecule has 1 aromatic rings. The van der Waals surface area contributed by atoms with Crippen molar-refractivity contribution < 1.29 is 9.53 Å². The summed E-state index contributed by atoms with van der Waals surface area (Å²) < 4.78 is 7.15. The lowest BCUT2D eigenvalue weighted by Crippen LogP contribution is -2.45. The number of hydrogen-bond acceptors (Lipinski definition) is 2. The fourth-order valence-corrected chi connectivity index (χ4v) is 2.10. The Labute approximate surface area is 114 Å². The molecule has 2 rings (SSSR count). The lowest BCUT2D eigenvalue weighted by molar-refractivity contribution is 0.0442. The first-order chi connectivity index (χ1) is 8.16. The van der Waals surface area contributed by atoms with Crippen LogP contribution in [0.3, 0.4) is 0 Å². The molecule has 0 spiro atoms. The Morgan fingerprint density at radius 1 is 1.41 bits per heavy atom. The Kier molecular flexibility index (Phi) is 4.01. The third-order valence-electron chi connectivity index (χ3n) is 2.44. The topological polar surface area (TPSA) is 41.6 Å². The summed E-state index contributed by atoms with van der Waals surface area (Å²) in [6, 6.07) is 9.73. The molecule has 1 aliphatic rings. The van der Waals surface area contributed by atoms with Crippen LogP contribution in [0, 0.1) is 0 Å². The number of rotatable bonds is 3. The van der Waals surface area contributed by atoms with E-state index in [1.807, 2.05) is 60.1 Å². The average molecular weight is 344 g/mol. The summed E-state index contributed by atoms with van der Waals surface area (Å²) in [7, 11) is 0. The standard InChI is InChI=1S/C12H13IN2O2/c1-9-7-15(13)12(16)14-11(9)17-8-10-5-3-2-4-6-10/h2-7,11H,8H2,1H3,(H,14,16). The van der Waals surface area contributed by atoms with Crippen LogP contribution < -0.4 is 5.32 Å². The average Bonchev–Trinajstić information content (AvgIpc) is 2.33. The van der Waals surface area contributed by atoms with Gasteiger partial charge in [-0.1, -0.05) is 30.3 Å². The number of hydrogen-bond donors (Lipinski definition) is 1. The first-order valence-corrected chi connectivity index (χ1v) is 6.22. The van der Waals surface area contributed by atoms with Gasteiger partial charge in [-0.2, -0.15) is 0 Å². The van der Waals surface area contributed by atoms with E-state index in [1.165, 1.54) is 3.11 Å². The van der Waals surface area contributed by atoms with Gasteiger partial charge in [-0.05, 0) is 18.1 Å². The van der Waals surface area contributed by atoms with Crippen molar-refractivity contribution in [2.24, 2.45) is 0 Å². The van der Waals surface area contributed by atoms with Crippen LogP contribution in [-0.4, -0.2) is 15.4 Å². The highest BCUT2D eigenvalue weighted by atomic mass is 127. The second-order valence-electron chi connectivity index (χ2n) is 3.81. The third-order valence-corrected chi connectivity index (χ3v) is 3.16. The van der Waals surface area contributed by atoms with Gasteiger partial charge < -0.3 is 10.1 Å². The smallest absolute Gasteiger partial charge is 0.332 e. The molecular weight excluding hydrogens is 331 g/mol. The summed E-state index contributed by atoms with van der Waals surface area (Å²) in [6.07, 6.45) is 1.43. The summed E-state index contributed by atoms with van der Waals surface area (Å²) in [5.74, 6) is 0. The van der Waals surface area contributed by atoms with E-state index in [4.69, 9.17) is 4.74 Å². The highest BCUT2D eigenvalue weighted by Crippen LogP contribution is 2.16. The molecule has 1 N–H and O–H groups in total. The van der Waals surface area contributed by atoms with E-state index < -0.39 is 0 Å². The SMILES string of the molecule is CC1=CN(I)C(=O)NC1OCc1ccccc1. The predicted octanol–water partition coefficient (Wildman–Crippen LogP) is 2.81. The van der Waals surface area contributed by atoms with E-state index in [1.54, 1.807) is 6.20 Å². The van der Waals surface area contributed by atoms with Crippen LogP contribution in [0.1, 0.15) is 12.5 Å². The van der Waals surface area contributed by atoms with Crippen LogP contribution in [-0.2, 0) is 11.3 Å². The Morgan fingerprint density at radius 3 is 2.82 bits per heavy atom. The Bertz CT molecular complexity index is 433. The van der Waals surface area contributed by atoms with Crippen molar-refractivity contribution in [1.29, 1.82) is 0 Å². The molecule has 0 saturated carbocycles. The fourth-order valence-electron chi connectivity index (χ4n) is 1.52. The normalized spacial score (nSPS) is 19.9. The first-order valence-electron chi connectivity index (χ1n) is 5.26. The molecule has 0 fully saturated rings. The highest BCUT2D eigenvalue weighted by molar-refractivity contribution is 14.1. The zero-order chi connectivity index (χ0) is 12.3.